The fourth-order valence-electron chi connectivity index (χ4n) is 3.82. The fraction of sp³-hybridized carbons (Fsp3) is 0.579. The van der Waals surface area contributed by atoms with Gasteiger partial charge in [0.2, 0.25) is 0 Å². The molecular weight excluding hydrogens is 316 g/mol. The molecule has 0 spiro atoms. The standard InChI is InChI=1S/C19H26N4O2/c1-15-19-21-11-17(14-25-18-3-2-6-20-12-18)23(19)8-7-22(15)13-16-4-9-24-10-5-16/h2-3,6,11-12,15-16H,4-5,7-10,13-14H2,1H3/t15-/m0/s1. The van der Waals surface area contributed by atoms with Crippen LogP contribution in [0.3, 0.4) is 0 Å². The van der Waals surface area contributed by atoms with E-state index in [9.17, 15) is 0 Å². The number of hydrogen-bond donors (Lipinski definition) is 0. The highest BCUT2D eigenvalue weighted by Crippen LogP contribution is 2.28. The SMILES string of the molecule is C[C@H]1c2ncc(COc3cccnc3)n2CCN1CC1CCOCC1. The van der Waals surface area contributed by atoms with E-state index in [1.807, 2.05) is 18.3 Å². The van der Waals surface area contributed by atoms with Crippen molar-refractivity contribution in [1.82, 2.24) is 19.4 Å². The predicted molar refractivity (Wildman–Crippen MR) is 94.3 cm³/mol. The number of ether oxygens (including phenoxy) is 2. The van der Waals surface area contributed by atoms with Crippen molar-refractivity contribution in [2.45, 2.75) is 39.0 Å². The minimum atomic E-state index is 0.351. The van der Waals surface area contributed by atoms with Gasteiger partial charge in [-0.25, -0.2) is 4.98 Å². The van der Waals surface area contributed by atoms with E-state index >= 15 is 0 Å². The van der Waals surface area contributed by atoms with Crippen molar-refractivity contribution in [3.05, 3.63) is 42.2 Å². The van der Waals surface area contributed by atoms with E-state index in [0.29, 0.717) is 12.6 Å². The molecule has 6 nitrogen and oxygen atoms in total. The zero-order valence-electron chi connectivity index (χ0n) is 14.8. The Hall–Kier alpha value is -1.92. The second-order valence-corrected chi connectivity index (χ2v) is 6.96. The quantitative estimate of drug-likeness (QED) is 0.836. The van der Waals surface area contributed by atoms with E-state index in [1.165, 1.54) is 12.8 Å². The topological polar surface area (TPSA) is 52.4 Å². The van der Waals surface area contributed by atoms with Crippen molar-refractivity contribution < 1.29 is 9.47 Å². The van der Waals surface area contributed by atoms with Crippen molar-refractivity contribution in [3.63, 3.8) is 0 Å². The molecule has 0 bridgehead atoms. The molecule has 0 saturated carbocycles. The maximum atomic E-state index is 5.85. The third kappa shape index (κ3) is 3.70. The molecule has 0 unspecified atom stereocenters. The van der Waals surface area contributed by atoms with Gasteiger partial charge in [0.15, 0.2) is 0 Å². The van der Waals surface area contributed by atoms with Crippen molar-refractivity contribution >= 4 is 0 Å². The maximum absolute atomic E-state index is 5.85. The largest absolute Gasteiger partial charge is 0.486 e. The molecule has 0 N–H and O–H groups in total. The first-order chi connectivity index (χ1) is 12.3. The highest BCUT2D eigenvalue weighted by atomic mass is 16.5. The molecule has 4 heterocycles. The predicted octanol–water partition coefficient (Wildman–Crippen LogP) is 2.66. The highest BCUT2D eigenvalue weighted by Gasteiger charge is 2.29. The van der Waals surface area contributed by atoms with Gasteiger partial charge in [0.25, 0.3) is 0 Å². The first-order valence-corrected chi connectivity index (χ1v) is 9.20. The molecule has 2 aromatic rings. The second-order valence-electron chi connectivity index (χ2n) is 6.96. The lowest BCUT2D eigenvalue weighted by molar-refractivity contribution is 0.0408. The van der Waals surface area contributed by atoms with Gasteiger partial charge in [0.1, 0.15) is 18.2 Å². The molecule has 4 rings (SSSR count). The molecule has 134 valence electrons. The molecular formula is C19H26N4O2. The summed E-state index contributed by atoms with van der Waals surface area (Å²) in [5.74, 6) is 2.71. The van der Waals surface area contributed by atoms with Crippen molar-refractivity contribution in [2.24, 2.45) is 5.92 Å². The van der Waals surface area contributed by atoms with Crippen LogP contribution >= 0.6 is 0 Å². The minimum Gasteiger partial charge on any atom is -0.486 e. The van der Waals surface area contributed by atoms with Gasteiger partial charge >= 0.3 is 0 Å². The zero-order valence-corrected chi connectivity index (χ0v) is 14.8. The third-order valence-corrected chi connectivity index (χ3v) is 5.36. The summed E-state index contributed by atoms with van der Waals surface area (Å²) in [5, 5.41) is 0. The van der Waals surface area contributed by atoms with E-state index < -0.39 is 0 Å². The van der Waals surface area contributed by atoms with E-state index in [1.54, 1.807) is 12.4 Å². The summed E-state index contributed by atoms with van der Waals surface area (Å²) < 4.78 is 13.7. The number of nitrogens with zero attached hydrogens (tertiary/aromatic N) is 4. The molecule has 2 aliphatic heterocycles. The maximum Gasteiger partial charge on any atom is 0.138 e. The van der Waals surface area contributed by atoms with Gasteiger partial charge in [-0.3, -0.25) is 9.88 Å². The number of rotatable bonds is 5. The molecule has 25 heavy (non-hydrogen) atoms. The average molecular weight is 342 g/mol. The lowest BCUT2D eigenvalue weighted by Crippen LogP contribution is -2.41. The van der Waals surface area contributed by atoms with Crippen molar-refractivity contribution in [1.29, 1.82) is 0 Å². The summed E-state index contributed by atoms with van der Waals surface area (Å²) in [6, 6.07) is 4.17. The summed E-state index contributed by atoms with van der Waals surface area (Å²) in [6.07, 6.45) is 7.82. The first kappa shape index (κ1) is 16.5. The van der Waals surface area contributed by atoms with Crippen molar-refractivity contribution in [3.8, 4) is 5.75 Å². The van der Waals surface area contributed by atoms with Gasteiger partial charge < -0.3 is 14.0 Å². The van der Waals surface area contributed by atoms with Crippen LogP contribution < -0.4 is 4.74 Å². The Labute approximate surface area is 148 Å². The fourth-order valence-corrected chi connectivity index (χ4v) is 3.82. The molecule has 2 aromatic heterocycles. The van der Waals surface area contributed by atoms with Gasteiger partial charge in [0.05, 0.1) is 24.1 Å². The molecule has 6 heteroatoms. The normalized spacial score (nSPS) is 21.9. The highest BCUT2D eigenvalue weighted by molar-refractivity contribution is 5.17. The van der Waals surface area contributed by atoms with Gasteiger partial charge in [-0.2, -0.15) is 0 Å². The molecule has 0 aliphatic carbocycles. The van der Waals surface area contributed by atoms with Crippen LogP contribution in [0.5, 0.6) is 5.75 Å². The van der Waals surface area contributed by atoms with Gasteiger partial charge in [-0.05, 0) is 37.8 Å². The molecule has 1 fully saturated rings. The van der Waals surface area contributed by atoms with E-state index in [2.05, 4.69) is 21.4 Å². The van der Waals surface area contributed by atoms with E-state index in [4.69, 9.17) is 14.5 Å². The van der Waals surface area contributed by atoms with Gasteiger partial charge in [-0.1, -0.05) is 0 Å². The van der Waals surface area contributed by atoms with Gasteiger partial charge in [0, 0.05) is 39.0 Å². The Balaban J connectivity index is 1.40. The van der Waals surface area contributed by atoms with Crippen LogP contribution in [0.2, 0.25) is 0 Å². The van der Waals surface area contributed by atoms with Crippen LogP contribution in [0.15, 0.2) is 30.7 Å². The molecule has 2 aliphatic rings. The smallest absolute Gasteiger partial charge is 0.138 e. The monoisotopic (exact) mass is 342 g/mol. The lowest BCUT2D eigenvalue weighted by atomic mass is 9.98. The Kier molecular flexibility index (Phi) is 4.99. The number of aromatic nitrogens is 3. The van der Waals surface area contributed by atoms with Crippen LogP contribution in [0.4, 0.5) is 0 Å². The number of hydrogen-bond acceptors (Lipinski definition) is 5. The molecule has 0 amide bonds. The van der Waals surface area contributed by atoms with E-state index in [-0.39, 0.29) is 0 Å². The van der Waals surface area contributed by atoms with Crippen LogP contribution in [0, 0.1) is 5.92 Å². The Morgan fingerprint density at radius 3 is 2.92 bits per heavy atom. The van der Waals surface area contributed by atoms with Gasteiger partial charge in [-0.15, -0.1) is 0 Å². The molecule has 1 saturated heterocycles. The number of fused-ring (bicyclic) bond motifs is 1. The second kappa shape index (κ2) is 7.54. The minimum absolute atomic E-state index is 0.351. The Morgan fingerprint density at radius 1 is 1.24 bits per heavy atom. The summed E-state index contributed by atoms with van der Waals surface area (Å²) in [5.41, 5.74) is 1.14. The molecule has 0 radical (unpaired) electrons. The van der Waals surface area contributed by atoms with Crippen LogP contribution in [0.1, 0.15) is 37.3 Å². The Morgan fingerprint density at radius 2 is 2.12 bits per heavy atom. The molecule has 1 atom stereocenters. The Bertz CT molecular complexity index is 682. The van der Waals surface area contributed by atoms with Crippen molar-refractivity contribution in [2.75, 3.05) is 26.3 Å². The first-order valence-electron chi connectivity index (χ1n) is 9.20. The van der Waals surface area contributed by atoms with E-state index in [0.717, 1.165) is 56.0 Å². The summed E-state index contributed by atoms with van der Waals surface area (Å²) >= 11 is 0. The van der Waals surface area contributed by atoms with Crippen LogP contribution in [-0.4, -0.2) is 45.7 Å². The van der Waals surface area contributed by atoms with Crippen LogP contribution in [-0.2, 0) is 17.9 Å². The average Bonchev–Trinajstić information content (AvgIpc) is 3.08. The lowest BCUT2D eigenvalue weighted by Gasteiger charge is -2.37. The molecule has 0 aromatic carbocycles. The third-order valence-electron chi connectivity index (χ3n) is 5.36. The summed E-state index contributed by atoms with van der Waals surface area (Å²) in [7, 11) is 0. The number of pyridine rings is 1. The number of imidazole rings is 1. The summed E-state index contributed by atoms with van der Waals surface area (Å²) in [6.45, 7) is 7.83. The zero-order chi connectivity index (χ0) is 17.1. The summed E-state index contributed by atoms with van der Waals surface area (Å²) in [4.78, 5) is 11.4. The van der Waals surface area contributed by atoms with Crippen LogP contribution in [0.25, 0.3) is 0 Å².